The van der Waals surface area contributed by atoms with Gasteiger partial charge in [-0.25, -0.2) is 0 Å². The first kappa shape index (κ1) is 19.5. The molecule has 1 rings (SSSR count). The number of halogens is 1. The van der Waals surface area contributed by atoms with Crippen LogP contribution in [0, 0.1) is 0 Å². The van der Waals surface area contributed by atoms with E-state index >= 15 is 0 Å². The van der Waals surface area contributed by atoms with Crippen LogP contribution in [0.25, 0.3) is 0 Å². The molecule has 0 aromatic heterocycles. The van der Waals surface area contributed by atoms with Gasteiger partial charge in [-0.3, -0.25) is 9.59 Å². The fourth-order valence-electron chi connectivity index (χ4n) is 2.31. The number of hydrogen-bond donors (Lipinski definition) is 0. The molecule has 0 saturated heterocycles. The summed E-state index contributed by atoms with van der Waals surface area (Å²) in [6.07, 6.45) is 4.52. The van der Waals surface area contributed by atoms with Crippen molar-refractivity contribution in [3.05, 3.63) is 34.9 Å². The summed E-state index contributed by atoms with van der Waals surface area (Å²) in [4.78, 5) is 25.9. The maximum atomic E-state index is 12.6. The summed E-state index contributed by atoms with van der Waals surface area (Å²) in [5, 5.41) is 0.534. The first-order valence-corrected chi connectivity index (χ1v) is 8.66. The molecule has 1 aromatic carbocycles. The van der Waals surface area contributed by atoms with E-state index in [0.717, 1.165) is 25.7 Å². The van der Waals surface area contributed by atoms with Crippen LogP contribution >= 0.6 is 11.6 Å². The zero-order valence-corrected chi connectivity index (χ0v) is 14.8. The monoisotopic (exact) mass is 339 g/mol. The summed E-state index contributed by atoms with van der Waals surface area (Å²) in [6, 6.07) is 6.91. The van der Waals surface area contributed by atoms with Crippen molar-refractivity contribution in [2.75, 3.05) is 19.7 Å². The number of nitrogens with zero attached hydrogens (tertiary/aromatic N) is 1. The molecule has 5 heteroatoms. The zero-order chi connectivity index (χ0) is 17.1. The van der Waals surface area contributed by atoms with Gasteiger partial charge in [-0.2, -0.15) is 0 Å². The van der Waals surface area contributed by atoms with Gasteiger partial charge in [0, 0.05) is 23.7 Å². The third-order valence-corrected chi connectivity index (χ3v) is 3.77. The van der Waals surface area contributed by atoms with E-state index < -0.39 is 0 Å². The van der Waals surface area contributed by atoms with Crippen LogP contribution in [0.4, 0.5) is 0 Å². The Morgan fingerprint density at radius 2 is 1.91 bits per heavy atom. The summed E-state index contributed by atoms with van der Waals surface area (Å²) < 4.78 is 4.94. The lowest BCUT2D eigenvalue weighted by Crippen LogP contribution is -2.34. The highest BCUT2D eigenvalue weighted by atomic mass is 35.5. The van der Waals surface area contributed by atoms with Crippen LogP contribution in [0.5, 0.6) is 0 Å². The van der Waals surface area contributed by atoms with Gasteiger partial charge < -0.3 is 9.64 Å². The molecule has 0 N–H and O–H groups in total. The molecular formula is C18H26ClNO3. The van der Waals surface area contributed by atoms with E-state index in [4.69, 9.17) is 16.3 Å². The van der Waals surface area contributed by atoms with Crippen molar-refractivity contribution in [1.82, 2.24) is 4.90 Å². The first-order valence-electron chi connectivity index (χ1n) is 8.29. The average molecular weight is 340 g/mol. The van der Waals surface area contributed by atoms with E-state index in [1.807, 2.05) is 0 Å². The minimum absolute atomic E-state index is 0.0895. The van der Waals surface area contributed by atoms with Gasteiger partial charge >= 0.3 is 5.97 Å². The van der Waals surface area contributed by atoms with Crippen LogP contribution in [0.2, 0.25) is 5.02 Å². The van der Waals surface area contributed by atoms with Gasteiger partial charge in [0.25, 0.3) is 5.91 Å². The average Bonchev–Trinajstić information content (AvgIpc) is 2.54. The first-order chi connectivity index (χ1) is 11.1. The molecule has 0 fully saturated rings. The molecule has 0 saturated carbocycles. The Hall–Kier alpha value is -1.55. The van der Waals surface area contributed by atoms with Crippen molar-refractivity contribution in [2.24, 2.45) is 0 Å². The summed E-state index contributed by atoms with van der Waals surface area (Å²) >= 11 is 5.96. The number of carbonyl (C=O) groups is 2. The highest BCUT2D eigenvalue weighted by Crippen LogP contribution is 2.14. The SMILES string of the molecule is CCCCCCN(CCC(=O)OCC)C(=O)c1cccc(Cl)c1. The van der Waals surface area contributed by atoms with Crippen LogP contribution in [0.3, 0.4) is 0 Å². The zero-order valence-electron chi connectivity index (χ0n) is 14.0. The number of carbonyl (C=O) groups excluding carboxylic acids is 2. The lowest BCUT2D eigenvalue weighted by atomic mass is 10.1. The van der Waals surface area contributed by atoms with E-state index in [1.165, 1.54) is 0 Å². The van der Waals surface area contributed by atoms with Crippen LogP contribution in [0.15, 0.2) is 24.3 Å². The number of esters is 1. The van der Waals surface area contributed by atoms with Crippen molar-refractivity contribution in [1.29, 1.82) is 0 Å². The molecule has 23 heavy (non-hydrogen) atoms. The minimum atomic E-state index is -0.273. The van der Waals surface area contributed by atoms with Crippen LogP contribution in [-0.2, 0) is 9.53 Å². The second-order valence-electron chi connectivity index (χ2n) is 5.42. The number of rotatable bonds is 10. The predicted molar refractivity (Wildman–Crippen MR) is 92.7 cm³/mol. The highest BCUT2D eigenvalue weighted by Gasteiger charge is 2.17. The smallest absolute Gasteiger partial charge is 0.307 e. The number of ether oxygens (including phenoxy) is 1. The number of benzene rings is 1. The van der Waals surface area contributed by atoms with Crippen molar-refractivity contribution in [2.45, 2.75) is 46.0 Å². The van der Waals surface area contributed by atoms with Crippen molar-refractivity contribution in [3.63, 3.8) is 0 Å². The molecular weight excluding hydrogens is 314 g/mol. The lowest BCUT2D eigenvalue weighted by molar-refractivity contribution is -0.143. The minimum Gasteiger partial charge on any atom is -0.466 e. The number of hydrogen-bond acceptors (Lipinski definition) is 3. The summed E-state index contributed by atoms with van der Waals surface area (Å²) in [7, 11) is 0. The van der Waals surface area contributed by atoms with Crippen LogP contribution in [0.1, 0.15) is 56.3 Å². The maximum Gasteiger partial charge on any atom is 0.307 e. The van der Waals surface area contributed by atoms with Crippen molar-refractivity contribution >= 4 is 23.5 Å². The van der Waals surface area contributed by atoms with Gasteiger partial charge in [-0.05, 0) is 31.5 Å². The summed E-state index contributed by atoms with van der Waals surface area (Å²) in [5.41, 5.74) is 0.553. The van der Waals surface area contributed by atoms with E-state index in [0.29, 0.717) is 30.3 Å². The molecule has 0 aliphatic rings. The third kappa shape index (κ3) is 7.51. The van der Waals surface area contributed by atoms with E-state index in [-0.39, 0.29) is 18.3 Å². The van der Waals surface area contributed by atoms with E-state index in [9.17, 15) is 9.59 Å². The van der Waals surface area contributed by atoms with E-state index in [1.54, 1.807) is 36.1 Å². The van der Waals surface area contributed by atoms with Gasteiger partial charge in [0.1, 0.15) is 0 Å². The largest absolute Gasteiger partial charge is 0.466 e. The Balaban J connectivity index is 2.68. The van der Waals surface area contributed by atoms with Crippen molar-refractivity contribution in [3.8, 4) is 0 Å². The Labute approximate surface area is 143 Å². The predicted octanol–water partition coefficient (Wildman–Crippen LogP) is 4.32. The van der Waals surface area contributed by atoms with Gasteiger partial charge in [0.15, 0.2) is 0 Å². The molecule has 0 bridgehead atoms. The molecule has 0 unspecified atom stereocenters. The molecule has 0 aliphatic carbocycles. The standard InChI is InChI=1S/C18H26ClNO3/c1-3-5-6-7-12-20(13-11-17(21)23-4-2)18(22)15-9-8-10-16(19)14-15/h8-10,14H,3-7,11-13H2,1-2H3. The van der Waals surface area contributed by atoms with Crippen LogP contribution in [-0.4, -0.2) is 36.5 Å². The lowest BCUT2D eigenvalue weighted by Gasteiger charge is -2.22. The highest BCUT2D eigenvalue weighted by molar-refractivity contribution is 6.30. The van der Waals surface area contributed by atoms with Crippen molar-refractivity contribution < 1.29 is 14.3 Å². The Kier molecular flexibility index (Phi) is 9.37. The molecule has 4 nitrogen and oxygen atoms in total. The second-order valence-corrected chi connectivity index (χ2v) is 5.85. The Morgan fingerprint density at radius 1 is 1.13 bits per heavy atom. The van der Waals surface area contributed by atoms with Gasteiger partial charge in [0.05, 0.1) is 13.0 Å². The molecule has 0 radical (unpaired) electrons. The second kappa shape index (κ2) is 11.1. The Morgan fingerprint density at radius 3 is 2.57 bits per heavy atom. The van der Waals surface area contributed by atoms with Gasteiger partial charge in [-0.1, -0.05) is 43.9 Å². The fourth-order valence-corrected chi connectivity index (χ4v) is 2.50. The van der Waals surface area contributed by atoms with Gasteiger partial charge in [0.2, 0.25) is 0 Å². The van der Waals surface area contributed by atoms with E-state index in [2.05, 4.69) is 6.92 Å². The number of unbranched alkanes of at least 4 members (excludes halogenated alkanes) is 3. The quantitative estimate of drug-likeness (QED) is 0.471. The molecule has 0 atom stereocenters. The molecule has 128 valence electrons. The summed E-state index contributed by atoms with van der Waals surface area (Å²) in [5.74, 6) is -0.363. The molecule has 0 aliphatic heterocycles. The fraction of sp³-hybridized carbons (Fsp3) is 0.556. The molecule has 0 heterocycles. The Bertz CT molecular complexity index is 505. The third-order valence-electron chi connectivity index (χ3n) is 3.53. The number of amides is 1. The topological polar surface area (TPSA) is 46.6 Å². The van der Waals surface area contributed by atoms with Gasteiger partial charge in [-0.15, -0.1) is 0 Å². The van der Waals surface area contributed by atoms with Crippen LogP contribution < -0.4 is 0 Å². The molecule has 0 spiro atoms. The molecule has 1 aromatic rings. The molecule has 1 amide bonds. The summed E-state index contributed by atoms with van der Waals surface area (Å²) in [6.45, 7) is 5.30. The maximum absolute atomic E-state index is 12.6. The normalized spacial score (nSPS) is 10.4.